The fraction of sp³-hybridized carbons (Fsp3) is 0.250. The molecule has 2 rings (SSSR count). The van der Waals surface area contributed by atoms with Crippen LogP contribution in [-0.4, -0.2) is 13.7 Å². The van der Waals surface area contributed by atoms with E-state index in [0.717, 1.165) is 40.2 Å². The zero-order valence-electron chi connectivity index (χ0n) is 11.8. The number of nitrogen functional groups attached to an aromatic ring is 1. The minimum absolute atomic E-state index is 0.757. The first-order valence-electron chi connectivity index (χ1n) is 6.57. The van der Waals surface area contributed by atoms with Crippen molar-refractivity contribution >= 4 is 27.3 Å². The van der Waals surface area contributed by atoms with Gasteiger partial charge in [-0.3, -0.25) is 0 Å². The van der Waals surface area contributed by atoms with Gasteiger partial charge in [-0.1, -0.05) is 28.1 Å². The Morgan fingerprint density at radius 2 is 1.95 bits per heavy atom. The Morgan fingerprint density at radius 3 is 2.60 bits per heavy atom. The van der Waals surface area contributed by atoms with Gasteiger partial charge < -0.3 is 15.4 Å². The van der Waals surface area contributed by atoms with Crippen molar-refractivity contribution in [2.75, 3.05) is 24.3 Å². The van der Waals surface area contributed by atoms with Crippen LogP contribution in [0.4, 0.5) is 11.4 Å². The highest BCUT2D eigenvalue weighted by atomic mass is 79.9. The van der Waals surface area contributed by atoms with E-state index < -0.39 is 0 Å². The van der Waals surface area contributed by atoms with Crippen LogP contribution < -0.4 is 15.4 Å². The smallest absolute Gasteiger partial charge is 0.123 e. The summed E-state index contributed by atoms with van der Waals surface area (Å²) >= 11 is 3.51. The largest absolute Gasteiger partial charge is 0.496 e. The second-order valence-electron chi connectivity index (χ2n) is 4.53. The summed E-state index contributed by atoms with van der Waals surface area (Å²) < 4.78 is 6.48. The summed E-state index contributed by atoms with van der Waals surface area (Å²) in [6.45, 7) is 3.76. The monoisotopic (exact) mass is 334 g/mol. The number of nitrogens with two attached hydrogens (primary N) is 1. The normalized spacial score (nSPS) is 10.3. The lowest BCUT2D eigenvalue weighted by molar-refractivity contribution is 0.409. The van der Waals surface area contributed by atoms with Gasteiger partial charge in [0.2, 0.25) is 0 Å². The maximum Gasteiger partial charge on any atom is 0.123 e. The quantitative estimate of drug-likeness (QED) is 0.837. The van der Waals surface area contributed by atoms with Crippen LogP contribution in [-0.2, 0) is 6.54 Å². The van der Waals surface area contributed by atoms with Crippen molar-refractivity contribution in [1.82, 2.24) is 0 Å². The van der Waals surface area contributed by atoms with E-state index in [1.54, 1.807) is 7.11 Å². The average Bonchev–Trinajstić information content (AvgIpc) is 2.46. The molecular weight excluding hydrogens is 316 g/mol. The van der Waals surface area contributed by atoms with Crippen LogP contribution in [0.1, 0.15) is 12.5 Å². The molecule has 0 spiro atoms. The van der Waals surface area contributed by atoms with Crippen molar-refractivity contribution < 1.29 is 4.74 Å². The predicted molar refractivity (Wildman–Crippen MR) is 88.3 cm³/mol. The second-order valence-corrected chi connectivity index (χ2v) is 5.44. The van der Waals surface area contributed by atoms with E-state index in [1.807, 2.05) is 36.4 Å². The maximum atomic E-state index is 6.07. The van der Waals surface area contributed by atoms with Gasteiger partial charge in [0.05, 0.1) is 18.5 Å². The first-order chi connectivity index (χ1) is 9.65. The van der Waals surface area contributed by atoms with Gasteiger partial charge in [0.1, 0.15) is 5.75 Å². The summed E-state index contributed by atoms with van der Waals surface area (Å²) in [7, 11) is 1.69. The summed E-state index contributed by atoms with van der Waals surface area (Å²) in [4.78, 5) is 2.24. The van der Waals surface area contributed by atoms with Crippen LogP contribution in [0.25, 0.3) is 0 Å². The SMILES string of the molecule is CCN(Cc1cc(Br)ccc1OC)c1ccccc1N. The fourth-order valence-corrected chi connectivity index (χ4v) is 2.63. The molecule has 0 atom stereocenters. The van der Waals surface area contributed by atoms with Gasteiger partial charge >= 0.3 is 0 Å². The molecule has 0 amide bonds. The van der Waals surface area contributed by atoms with E-state index in [9.17, 15) is 0 Å². The van der Waals surface area contributed by atoms with Gasteiger partial charge in [-0.25, -0.2) is 0 Å². The lowest BCUT2D eigenvalue weighted by Crippen LogP contribution is -2.23. The van der Waals surface area contributed by atoms with E-state index in [-0.39, 0.29) is 0 Å². The number of hydrogen-bond acceptors (Lipinski definition) is 3. The molecule has 0 saturated heterocycles. The Morgan fingerprint density at radius 1 is 1.20 bits per heavy atom. The number of anilines is 2. The summed E-state index contributed by atoms with van der Waals surface area (Å²) in [5.41, 5.74) is 9.05. The van der Waals surface area contributed by atoms with Crippen LogP contribution in [0, 0.1) is 0 Å². The van der Waals surface area contributed by atoms with Crippen LogP contribution in [0.2, 0.25) is 0 Å². The third kappa shape index (κ3) is 3.25. The van der Waals surface area contributed by atoms with Crippen molar-refractivity contribution in [3.05, 3.63) is 52.5 Å². The number of benzene rings is 2. The standard InChI is InChI=1S/C16H19BrN2O/c1-3-19(15-7-5-4-6-14(15)18)11-12-10-13(17)8-9-16(12)20-2/h4-10H,3,11,18H2,1-2H3. The summed E-state index contributed by atoms with van der Waals surface area (Å²) in [6.07, 6.45) is 0. The Hall–Kier alpha value is -1.68. The van der Waals surface area contributed by atoms with E-state index in [4.69, 9.17) is 10.5 Å². The van der Waals surface area contributed by atoms with Crippen LogP contribution in [0.15, 0.2) is 46.9 Å². The van der Waals surface area contributed by atoms with Gasteiger partial charge in [0.15, 0.2) is 0 Å². The Bertz CT molecular complexity index is 586. The van der Waals surface area contributed by atoms with Crippen molar-refractivity contribution in [1.29, 1.82) is 0 Å². The molecule has 2 aromatic rings. The topological polar surface area (TPSA) is 38.5 Å². The predicted octanol–water partition coefficient (Wildman–Crippen LogP) is 4.07. The first kappa shape index (κ1) is 14.7. The number of ether oxygens (including phenoxy) is 1. The Balaban J connectivity index is 2.31. The molecule has 0 unspecified atom stereocenters. The zero-order chi connectivity index (χ0) is 14.5. The van der Waals surface area contributed by atoms with Gasteiger partial charge in [-0.05, 0) is 37.3 Å². The number of halogens is 1. The highest BCUT2D eigenvalue weighted by molar-refractivity contribution is 9.10. The van der Waals surface area contributed by atoms with Crippen molar-refractivity contribution in [3.8, 4) is 5.75 Å². The summed E-state index contributed by atoms with van der Waals surface area (Å²) in [6, 6.07) is 14.0. The van der Waals surface area contributed by atoms with Gasteiger partial charge in [0.25, 0.3) is 0 Å². The maximum absolute atomic E-state index is 6.07. The van der Waals surface area contributed by atoms with Crippen LogP contribution >= 0.6 is 15.9 Å². The molecule has 0 heterocycles. The van der Waals surface area contributed by atoms with Crippen LogP contribution in [0.3, 0.4) is 0 Å². The molecular formula is C16H19BrN2O. The molecule has 0 bridgehead atoms. The van der Waals surface area contributed by atoms with Crippen molar-refractivity contribution in [2.24, 2.45) is 0 Å². The zero-order valence-corrected chi connectivity index (χ0v) is 13.4. The molecule has 0 fully saturated rings. The van der Waals surface area contributed by atoms with Crippen molar-refractivity contribution in [2.45, 2.75) is 13.5 Å². The third-order valence-electron chi connectivity index (χ3n) is 3.26. The molecule has 20 heavy (non-hydrogen) atoms. The molecule has 0 aliphatic carbocycles. The molecule has 3 nitrogen and oxygen atoms in total. The molecule has 2 aromatic carbocycles. The van der Waals surface area contributed by atoms with Gasteiger partial charge in [-0.2, -0.15) is 0 Å². The minimum Gasteiger partial charge on any atom is -0.496 e. The lowest BCUT2D eigenvalue weighted by Gasteiger charge is -2.25. The van der Waals surface area contributed by atoms with E-state index in [2.05, 4.69) is 33.8 Å². The number of methoxy groups -OCH3 is 1. The fourth-order valence-electron chi connectivity index (χ4n) is 2.22. The Kier molecular flexibility index (Phi) is 4.90. The highest BCUT2D eigenvalue weighted by Gasteiger charge is 2.11. The molecule has 2 N–H and O–H groups in total. The van der Waals surface area contributed by atoms with E-state index >= 15 is 0 Å². The van der Waals surface area contributed by atoms with Gasteiger partial charge in [0, 0.05) is 23.1 Å². The number of rotatable bonds is 5. The lowest BCUT2D eigenvalue weighted by atomic mass is 10.1. The second kappa shape index (κ2) is 6.66. The molecule has 0 radical (unpaired) electrons. The summed E-state index contributed by atoms with van der Waals surface area (Å²) in [5, 5.41) is 0. The highest BCUT2D eigenvalue weighted by Crippen LogP contribution is 2.28. The number of hydrogen-bond donors (Lipinski definition) is 1. The molecule has 0 aliphatic heterocycles. The molecule has 4 heteroatoms. The first-order valence-corrected chi connectivity index (χ1v) is 7.37. The van der Waals surface area contributed by atoms with Crippen molar-refractivity contribution in [3.63, 3.8) is 0 Å². The summed E-state index contributed by atoms with van der Waals surface area (Å²) in [5.74, 6) is 0.890. The molecule has 0 saturated carbocycles. The molecule has 0 aliphatic rings. The third-order valence-corrected chi connectivity index (χ3v) is 3.76. The number of para-hydroxylation sites is 2. The Labute approximate surface area is 128 Å². The number of nitrogens with zero attached hydrogens (tertiary/aromatic N) is 1. The average molecular weight is 335 g/mol. The minimum atomic E-state index is 0.757. The molecule has 106 valence electrons. The van der Waals surface area contributed by atoms with Crippen LogP contribution in [0.5, 0.6) is 5.75 Å². The van der Waals surface area contributed by atoms with Gasteiger partial charge in [-0.15, -0.1) is 0 Å². The molecule has 0 aromatic heterocycles. The van der Waals surface area contributed by atoms with E-state index in [0.29, 0.717) is 0 Å². The van der Waals surface area contributed by atoms with E-state index in [1.165, 1.54) is 0 Å².